The molecule has 5 heteroatoms. The summed E-state index contributed by atoms with van der Waals surface area (Å²) in [6.07, 6.45) is 4.84. The minimum Gasteiger partial charge on any atom is -0.481 e. The standard InChI is InChI=1S/C16H13N3O2/c1-20-16-8-15(18-11-19-16)12-7-14(10-17-9-12)21-13-5-3-2-4-6-13/h2-11H,1H3. The van der Waals surface area contributed by atoms with Crippen molar-refractivity contribution in [2.24, 2.45) is 0 Å². The Morgan fingerprint density at radius 2 is 1.76 bits per heavy atom. The summed E-state index contributed by atoms with van der Waals surface area (Å²) in [4.78, 5) is 12.4. The highest BCUT2D eigenvalue weighted by molar-refractivity contribution is 5.60. The fraction of sp³-hybridized carbons (Fsp3) is 0.0625. The maximum Gasteiger partial charge on any atom is 0.216 e. The summed E-state index contributed by atoms with van der Waals surface area (Å²) < 4.78 is 10.9. The monoisotopic (exact) mass is 279 g/mol. The number of para-hydroxylation sites is 1. The van der Waals surface area contributed by atoms with Crippen molar-refractivity contribution in [1.82, 2.24) is 15.0 Å². The molecule has 2 heterocycles. The maximum absolute atomic E-state index is 5.76. The van der Waals surface area contributed by atoms with Crippen LogP contribution in [0.25, 0.3) is 11.3 Å². The van der Waals surface area contributed by atoms with Gasteiger partial charge in [-0.25, -0.2) is 9.97 Å². The highest BCUT2D eigenvalue weighted by Crippen LogP contribution is 2.25. The van der Waals surface area contributed by atoms with Gasteiger partial charge in [0.1, 0.15) is 17.8 Å². The second-order valence-electron chi connectivity index (χ2n) is 4.27. The lowest BCUT2D eigenvalue weighted by atomic mass is 10.2. The lowest BCUT2D eigenvalue weighted by Crippen LogP contribution is -1.92. The average molecular weight is 279 g/mol. The first-order valence-corrected chi connectivity index (χ1v) is 6.39. The van der Waals surface area contributed by atoms with Crippen LogP contribution < -0.4 is 9.47 Å². The number of methoxy groups -OCH3 is 1. The number of ether oxygens (including phenoxy) is 2. The van der Waals surface area contributed by atoms with E-state index in [2.05, 4.69) is 15.0 Å². The molecule has 0 unspecified atom stereocenters. The van der Waals surface area contributed by atoms with Crippen LogP contribution in [-0.4, -0.2) is 22.1 Å². The van der Waals surface area contributed by atoms with Crippen molar-refractivity contribution in [1.29, 1.82) is 0 Å². The van der Waals surface area contributed by atoms with Crippen LogP contribution in [0.1, 0.15) is 0 Å². The first-order chi connectivity index (χ1) is 10.3. The molecule has 0 aliphatic heterocycles. The molecule has 0 radical (unpaired) electrons. The van der Waals surface area contributed by atoms with E-state index < -0.39 is 0 Å². The Balaban J connectivity index is 1.89. The third-order valence-electron chi connectivity index (χ3n) is 2.84. The number of rotatable bonds is 4. The number of pyridine rings is 1. The van der Waals surface area contributed by atoms with E-state index in [9.17, 15) is 0 Å². The zero-order valence-electron chi connectivity index (χ0n) is 11.4. The molecule has 5 nitrogen and oxygen atoms in total. The van der Waals surface area contributed by atoms with Crippen LogP contribution in [0, 0.1) is 0 Å². The summed E-state index contributed by atoms with van der Waals surface area (Å²) >= 11 is 0. The van der Waals surface area contributed by atoms with E-state index in [1.807, 2.05) is 36.4 Å². The van der Waals surface area contributed by atoms with Crippen LogP contribution in [0.2, 0.25) is 0 Å². The van der Waals surface area contributed by atoms with E-state index in [-0.39, 0.29) is 0 Å². The van der Waals surface area contributed by atoms with E-state index >= 15 is 0 Å². The van der Waals surface area contributed by atoms with Crippen molar-refractivity contribution in [2.75, 3.05) is 7.11 Å². The van der Waals surface area contributed by atoms with E-state index in [4.69, 9.17) is 9.47 Å². The molecule has 3 rings (SSSR count). The smallest absolute Gasteiger partial charge is 0.216 e. The van der Waals surface area contributed by atoms with Gasteiger partial charge >= 0.3 is 0 Å². The van der Waals surface area contributed by atoms with Crippen LogP contribution >= 0.6 is 0 Å². The van der Waals surface area contributed by atoms with Gasteiger partial charge < -0.3 is 9.47 Å². The van der Waals surface area contributed by atoms with Crippen LogP contribution in [0.15, 0.2) is 61.2 Å². The van der Waals surface area contributed by atoms with Gasteiger partial charge in [0.25, 0.3) is 0 Å². The summed E-state index contributed by atoms with van der Waals surface area (Å²) in [5.41, 5.74) is 1.57. The van der Waals surface area contributed by atoms with Crippen LogP contribution in [0.4, 0.5) is 0 Å². The lowest BCUT2D eigenvalue weighted by Gasteiger charge is -2.07. The predicted molar refractivity (Wildman–Crippen MR) is 78.3 cm³/mol. The fourth-order valence-electron chi connectivity index (χ4n) is 1.85. The first kappa shape index (κ1) is 13.1. The molecule has 0 N–H and O–H groups in total. The van der Waals surface area contributed by atoms with Crippen molar-refractivity contribution < 1.29 is 9.47 Å². The van der Waals surface area contributed by atoms with Crippen LogP contribution in [-0.2, 0) is 0 Å². The predicted octanol–water partition coefficient (Wildman–Crippen LogP) is 3.34. The molecular formula is C16H13N3O2. The number of benzene rings is 1. The molecule has 0 saturated heterocycles. The van der Waals surface area contributed by atoms with Crippen LogP contribution in [0.3, 0.4) is 0 Å². The second-order valence-corrected chi connectivity index (χ2v) is 4.27. The molecule has 0 bridgehead atoms. The molecular weight excluding hydrogens is 266 g/mol. The van der Waals surface area contributed by atoms with Gasteiger partial charge in [-0.1, -0.05) is 18.2 Å². The molecule has 1 aromatic carbocycles. The molecule has 0 saturated carbocycles. The Kier molecular flexibility index (Phi) is 3.73. The van der Waals surface area contributed by atoms with Gasteiger partial charge in [0.15, 0.2) is 0 Å². The van der Waals surface area contributed by atoms with Gasteiger partial charge in [-0.15, -0.1) is 0 Å². The Morgan fingerprint density at radius 3 is 2.57 bits per heavy atom. The normalized spacial score (nSPS) is 10.1. The molecule has 0 atom stereocenters. The minimum absolute atomic E-state index is 0.509. The SMILES string of the molecule is COc1cc(-c2cncc(Oc3ccccc3)c2)ncn1. The van der Waals surface area contributed by atoms with Crippen LogP contribution in [0.5, 0.6) is 17.4 Å². The number of nitrogens with zero attached hydrogens (tertiary/aromatic N) is 3. The molecule has 2 aromatic heterocycles. The lowest BCUT2D eigenvalue weighted by molar-refractivity contribution is 0.397. The Labute approximate surface area is 122 Å². The van der Waals surface area contributed by atoms with Crippen molar-refractivity contribution in [3.05, 3.63) is 61.2 Å². The van der Waals surface area contributed by atoms with Gasteiger partial charge in [-0.05, 0) is 18.2 Å². The molecule has 104 valence electrons. The Bertz CT molecular complexity index is 732. The maximum atomic E-state index is 5.76. The Morgan fingerprint density at radius 1 is 0.905 bits per heavy atom. The zero-order chi connectivity index (χ0) is 14.5. The van der Waals surface area contributed by atoms with Gasteiger partial charge in [0.2, 0.25) is 5.88 Å². The van der Waals surface area contributed by atoms with Gasteiger partial charge in [-0.2, -0.15) is 0 Å². The molecule has 21 heavy (non-hydrogen) atoms. The molecule has 0 aliphatic carbocycles. The summed E-state index contributed by atoms with van der Waals surface area (Å²) in [6, 6.07) is 13.2. The van der Waals surface area contributed by atoms with Crippen molar-refractivity contribution in [3.8, 4) is 28.6 Å². The van der Waals surface area contributed by atoms with Crippen molar-refractivity contribution in [3.63, 3.8) is 0 Å². The summed E-state index contributed by atoms with van der Waals surface area (Å²) in [5, 5.41) is 0. The third-order valence-corrected chi connectivity index (χ3v) is 2.84. The highest BCUT2D eigenvalue weighted by atomic mass is 16.5. The van der Waals surface area contributed by atoms with Gasteiger partial charge in [0.05, 0.1) is 19.0 Å². The topological polar surface area (TPSA) is 57.1 Å². The molecule has 3 aromatic rings. The third kappa shape index (κ3) is 3.14. The Hall–Kier alpha value is -2.95. The summed E-state index contributed by atoms with van der Waals surface area (Å²) in [7, 11) is 1.57. The van der Waals surface area contributed by atoms with E-state index in [0.29, 0.717) is 11.6 Å². The zero-order valence-corrected chi connectivity index (χ0v) is 11.4. The second kappa shape index (κ2) is 6.00. The van der Waals surface area contributed by atoms with Crippen molar-refractivity contribution >= 4 is 0 Å². The first-order valence-electron chi connectivity index (χ1n) is 6.39. The summed E-state index contributed by atoms with van der Waals surface area (Å²) in [6.45, 7) is 0. The summed E-state index contributed by atoms with van der Waals surface area (Å²) in [5.74, 6) is 1.92. The van der Waals surface area contributed by atoms with E-state index in [1.54, 1.807) is 25.6 Å². The number of hydrogen-bond acceptors (Lipinski definition) is 5. The molecule has 0 aliphatic rings. The molecule has 0 fully saturated rings. The number of aromatic nitrogens is 3. The fourth-order valence-corrected chi connectivity index (χ4v) is 1.85. The minimum atomic E-state index is 0.509. The quantitative estimate of drug-likeness (QED) is 0.733. The molecule has 0 amide bonds. The molecule has 0 spiro atoms. The largest absolute Gasteiger partial charge is 0.481 e. The van der Waals surface area contributed by atoms with E-state index in [0.717, 1.165) is 17.0 Å². The van der Waals surface area contributed by atoms with Gasteiger partial charge in [0, 0.05) is 17.8 Å². The average Bonchev–Trinajstić information content (AvgIpc) is 2.56. The highest BCUT2D eigenvalue weighted by Gasteiger charge is 2.05. The number of hydrogen-bond donors (Lipinski definition) is 0. The van der Waals surface area contributed by atoms with Gasteiger partial charge in [-0.3, -0.25) is 4.98 Å². The van der Waals surface area contributed by atoms with Crippen molar-refractivity contribution in [2.45, 2.75) is 0 Å². The van der Waals surface area contributed by atoms with E-state index in [1.165, 1.54) is 6.33 Å².